The van der Waals surface area contributed by atoms with Gasteiger partial charge in [0.15, 0.2) is 11.6 Å². The number of aryl methyl sites for hydroxylation is 8. The minimum atomic E-state index is -0.499. The van der Waals surface area contributed by atoms with Crippen molar-refractivity contribution >= 4 is 23.5 Å². The fourth-order valence-electron chi connectivity index (χ4n) is 9.59. The molecule has 364 valence electrons. The molecule has 0 saturated carbocycles. The van der Waals surface area contributed by atoms with E-state index in [0.29, 0.717) is 59.6 Å². The monoisotopic (exact) mass is 948 g/mol. The summed E-state index contributed by atoms with van der Waals surface area (Å²) in [7, 11) is 1.70. The Bertz CT molecular complexity index is 3030. The van der Waals surface area contributed by atoms with Gasteiger partial charge in [0, 0.05) is 17.5 Å². The predicted octanol–water partition coefficient (Wildman–Crippen LogP) is 14.0. The number of hydrogen-bond donors (Lipinski definition) is 0. The summed E-state index contributed by atoms with van der Waals surface area (Å²) in [5.74, 6) is 2.00. The van der Waals surface area contributed by atoms with Gasteiger partial charge in [0.2, 0.25) is 0 Å². The predicted molar refractivity (Wildman–Crippen MR) is 282 cm³/mol. The van der Waals surface area contributed by atoms with Crippen LogP contribution >= 0.6 is 0 Å². The summed E-state index contributed by atoms with van der Waals surface area (Å²) < 4.78 is 23.6. The fourth-order valence-corrected chi connectivity index (χ4v) is 9.59. The number of unbranched alkanes of at least 4 members (excludes halogenated alkanes) is 1. The second kappa shape index (κ2) is 22.9. The molecule has 0 bridgehead atoms. The zero-order valence-electron chi connectivity index (χ0n) is 42.8. The minimum absolute atomic E-state index is 0.106. The van der Waals surface area contributed by atoms with Gasteiger partial charge in [-0.25, -0.2) is 9.59 Å². The number of ether oxygens (including phenoxy) is 4. The summed E-state index contributed by atoms with van der Waals surface area (Å²) in [6.07, 6.45) is 4.05. The van der Waals surface area contributed by atoms with Crippen LogP contribution in [0.1, 0.15) is 146 Å². The summed E-state index contributed by atoms with van der Waals surface area (Å²) in [4.78, 5) is 51.2. The smallest absolute Gasteiger partial charge is 0.343 e. The Labute approximate surface area is 419 Å². The van der Waals surface area contributed by atoms with Gasteiger partial charge < -0.3 is 18.9 Å². The van der Waals surface area contributed by atoms with Crippen LogP contribution in [0, 0.1) is 55.4 Å². The van der Waals surface area contributed by atoms with Crippen LogP contribution in [0.3, 0.4) is 0 Å². The van der Waals surface area contributed by atoms with Crippen molar-refractivity contribution in [2.75, 3.05) is 13.7 Å². The molecular formula is C63H64O8. The fraction of sp³-hybridized carbons (Fsp3) is 0.270. The van der Waals surface area contributed by atoms with Crippen LogP contribution in [-0.4, -0.2) is 37.2 Å². The molecule has 0 aliphatic carbocycles. The normalized spacial score (nSPS) is 11.0. The van der Waals surface area contributed by atoms with E-state index in [-0.39, 0.29) is 11.6 Å². The van der Waals surface area contributed by atoms with E-state index in [1.54, 1.807) is 43.5 Å². The highest BCUT2D eigenvalue weighted by Crippen LogP contribution is 2.32. The van der Waals surface area contributed by atoms with E-state index in [0.717, 1.165) is 103 Å². The first-order valence-corrected chi connectivity index (χ1v) is 24.3. The van der Waals surface area contributed by atoms with Crippen LogP contribution < -0.4 is 18.9 Å². The Balaban J connectivity index is 0.844. The maximum absolute atomic E-state index is 13.3. The second-order valence-corrected chi connectivity index (χ2v) is 19.0. The van der Waals surface area contributed by atoms with Crippen molar-refractivity contribution in [2.24, 2.45) is 0 Å². The van der Waals surface area contributed by atoms with Gasteiger partial charge in [-0.2, -0.15) is 0 Å². The second-order valence-electron chi connectivity index (χ2n) is 19.0. The Kier molecular flexibility index (Phi) is 16.5. The van der Waals surface area contributed by atoms with Gasteiger partial charge in [0.1, 0.15) is 23.0 Å². The molecular weight excluding hydrogens is 885 g/mol. The van der Waals surface area contributed by atoms with Gasteiger partial charge in [-0.15, -0.1) is 0 Å². The molecule has 0 fully saturated rings. The van der Waals surface area contributed by atoms with Crippen molar-refractivity contribution in [3.05, 3.63) is 221 Å². The van der Waals surface area contributed by atoms with Crippen LogP contribution in [0.25, 0.3) is 0 Å². The number of carbonyl (C=O) groups excluding carboxylic acids is 4. The van der Waals surface area contributed by atoms with Crippen LogP contribution in [0.15, 0.2) is 121 Å². The lowest BCUT2D eigenvalue weighted by Gasteiger charge is -2.16. The number of Topliss-reactive ketones (excluding diaryl/α,β-unsaturated/α-hetero) is 2. The van der Waals surface area contributed by atoms with Crippen molar-refractivity contribution in [2.45, 2.75) is 101 Å². The maximum atomic E-state index is 13.3. The van der Waals surface area contributed by atoms with Crippen molar-refractivity contribution < 1.29 is 38.1 Å². The van der Waals surface area contributed by atoms with Gasteiger partial charge in [-0.3, -0.25) is 9.59 Å². The summed E-state index contributed by atoms with van der Waals surface area (Å²) >= 11 is 0. The lowest BCUT2D eigenvalue weighted by atomic mass is 9.97. The molecule has 7 aromatic carbocycles. The summed E-state index contributed by atoms with van der Waals surface area (Å²) in [5, 5.41) is 0. The van der Waals surface area contributed by atoms with Gasteiger partial charge in [0.25, 0.3) is 0 Å². The van der Waals surface area contributed by atoms with E-state index in [1.165, 1.54) is 12.5 Å². The van der Waals surface area contributed by atoms with Crippen molar-refractivity contribution in [3.63, 3.8) is 0 Å². The Morgan fingerprint density at radius 3 is 1.21 bits per heavy atom. The molecule has 8 heteroatoms. The molecule has 0 amide bonds. The van der Waals surface area contributed by atoms with Gasteiger partial charge in [0.05, 0.1) is 24.8 Å². The first-order valence-electron chi connectivity index (χ1n) is 24.3. The van der Waals surface area contributed by atoms with E-state index in [1.807, 2.05) is 76.2 Å². The first-order chi connectivity index (χ1) is 34.0. The van der Waals surface area contributed by atoms with Crippen LogP contribution in [0.4, 0.5) is 0 Å². The standard InChI is InChI=1S/C63H64O8/c1-38-26-49(27-39(2)58(38)68-10)35-51-30-42(5)60(43(6)31-51)70-62(66)54-23-19-48(20-24-54)34-47-17-21-53(22-18-47)57(65)16-11-12-25-69-59-40(3)28-50(29-41(59)4)36-52-32-44(7)61(45(8)33-52)71-63(67)56-15-13-14-55(37-56)46(9)64/h13-15,17-24,26-33,37H,11-12,16,25,34-36H2,1-10H3. The lowest BCUT2D eigenvalue weighted by Crippen LogP contribution is -2.11. The quantitative estimate of drug-likeness (QED) is 0.0342. The molecule has 0 spiro atoms. The molecule has 71 heavy (non-hydrogen) atoms. The van der Waals surface area contributed by atoms with Gasteiger partial charge >= 0.3 is 11.9 Å². The van der Waals surface area contributed by atoms with Gasteiger partial charge in [-0.1, -0.05) is 97.1 Å². The molecule has 0 aliphatic rings. The number of ketones is 2. The number of methoxy groups -OCH3 is 1. The molecule has 0 atom stereocenters. The third-order valence-electron chi connectivity index (χ3n) is 12.9. The topological polar surface area (TPSA) is 105 Å². The van der Waals surface area contributed by atoms with E-state index in [2.05, 4.69) is 64.1 Å². The number of rotatable bonds is 19. The van der Waals surface area contributed by atoms with Crippen molar-refractivity contribution in [1.82, 2.24) is 0 Å². The highest BCUT2D eigenvalue weighted by molar-refractivity contribution is 5.98. The Morgan fingerprint density at radius 2 is 0.775 bits per heavy atom. The molecule has 8 nitrogen and oxygen atoms in total. The average Bonchev–Trinajstić information content (AvgIpc) is 3.32. The molecule has 0 aromatic heterocycles. The number of hydrogen-bond acceptors (Lipinski definition) is 8. The first kappa shape index (κ1) is 51.3. The van der Waals surface area contributed by atoms with E-state index in [4.69, 9.17) is 18.9 Å². The van der Waals surface area contributed by atoms with E-state index >= 15 is 0 Å². The van der Waals surface area contributed by atoms with Crippen LogP contribution in [0.5, 0.6) is 23.0 Å². The molecule has 0 aliphatic heterocycles. The van der Waals surface area contributed by atoms with Crippen LogP contribution in [0.2, 0.25) is 0 Å². The summed E-state index contributed by atoms with van der Waals surface area (Å²) in [5.41, 5.74) is 16.6. The van der Waals surface area contributed by atoms with E-state index in [9.17, 15) is 19.2 Å². The average molecular weight is 949 g/mol. The molecule has 0 radical (unpaired) electrons. The maximum Gasteiger partial charge on any atom is 0.343 e. The summed E-state index contributed by atoms with van der Waals surface area (Å²) in [6, 6.07) is 38.7. The number of esters is 2. The molecule has 0 unspecified atom stereocenters. The van der Waals surface area contributed by atoms with E-state index < -0.39 is 11.9 Å². The third kappa shape index (κ3) is 13.0. The Hall–Kier alpha value is -7.58. The molecule has 0 N–H and O–H groups in total. The highest BCUT2D eigenvalue weighted by atomic mass is 16.5. The van der Waals surface area contributed by atoms with Gasteiger partial charge in [-0.05, 0) is 197 Å². The highest BCUT2D eigenvalue weighted by Gasteiger charge is 2.18. The Morgan fingerprint density at radius 1 is 0.394 bits per heavy atom. The number of benzene rings is 7. The SMILES string of the molecule is COc1c(C)cc(Cc2cc(C)c(OC(=O)c3ccc(Cc4ccc(C(=O)CCCCOc5c(C)cc(Cc6cc(C)c(OC(=O)c7cccc(C(C)=O)c7)c(C)c6)cc5C)cc4)cc3)c(C)c2)cc1C. The third-order valence-corrected chi connectivity index (χ3v) is 12.9. The largest absolute Gasteiger partial charge is 0.496 e. The molecule has 7 aromatic rings. The lowest BCUT2D eigenvalue weighted by molar-refractivity contribution is 0.0723. The molecule has 7 rings (SSSR count). The molecule has 0 heterocycles. The van der Waals surface area contributed by atoms with Crippen LogP contribution in [-0.2, 0) is 19.3 Å². The van der Waals surface area contributed by atoms with Crippen molar-refractivity contribution in [3.8, 4) is 23.0 Å². The zero-order chi connectivity index (χ0) is 50.9. The number of carbonyl (C=O) groups is 4. The molecule has 0 saturated heterocycles. The zero-order valence-corrected chi connectivity index (χ0v) is 42.8. The minimum Gasteiger partial charge on any atom is -0.496 e. The summed E-state index contributed by atoms with van der Waals surface area (Å²) in [6.45, 7) is 18.0. The van der Waals surface area contributed by atoms with Crippen molar-refractivity contribution in [1.29, 1.82) is 0 Å².